The Balaban J connectivity index is 1.14. The number of aromatic nitrogens is 4. The molecular weight excluding hydrogens is 648 g/mol. The molecule has 5 heterocycles. The zero-order valence-corrected chi connectivity index (χ0v) is 28.2. The molecule has 2 atom stereocenters. The molecule has 0 radical (unpaired) electrons. The summed E-state index contributed by atoms with van der Waals surface area (Å²) in [6, 6.07) is 15.9. The van der Waals surface area contributed by atoms with E-state index in [0.717, 1.165) is 43.6 Å². The van der Waals surface area contributed by atoms with Crippen molar-refractivity contribution < 1.29 is 18.7 Å². The Morgan fingerprint density at radius 3 is 2.67 bits per heavy atom. The number of nitrogens with zero attached hydrogens (tertiary/aromatic N) is 7. The predicted molar refractivity (Wildman–Crippen MR) is 173 cm³/mol. The minimum atomic E-state index is -0.474. The minimum absolute atomic E-state index is 0.148. The molecule has 0 bridgehead atoms. The van der Waals surface area contributed by atoms with E-state index in [-0.39, 0.29) is 22.9 Å². The number of halogens is 1. The summed E-state index contributed by atoms with van der Waals surface area (Å²) < 4.78 is 29.4. The van der Waals surface area contributed by atoms with Gasteiger partial charge in [-0.3, -0.25) is 0 Å². The van der Waals surface area contributed by atoms with Crippen LogP contribution in [0.3, 0.4) is 0 Å². The normalized spacial score (nSPS) is 19.6. The number of fused-ring (bicyclic) bond motifs is 1. The summed E-state index contributed by atoms with van der Waals surface area (Å²) in [4.78, 5) is 26.8. The average molecular weight is 684 g/mol. The SMILES string of the molecule is CC(C)(C=C(C#N)C(=O)N1CCCC1Cn1nc(-c2ccc(Oc3ccccc3)cc2F)c2c([AsH2])ncnc21)N1CC2(COC2)C1. The smallest absolute Gasteiger partial charge is 0.380 e. The molecule has 10 nitrogen and oxygen atoms in total. The van der Waals surface area contributed by atoms with Crippen molar-refractivity contribution >= 4 is 38.3 Å². The fourth-order valence-electron chi connectivity index (χ4n) is 6.70. The second-order valence-corrected chi connectivity index (χ2v) is 14.2. The third kappa shape index (κ3) is 5.59. The van der Waals surface area contributed by atoms with Crippen LogP contribution in [0, 0.1) is 22.6 Å². The van der Waals surface area contributed by atoms with Gasteiger partial charge in [0.2, 0.25) is 0 Å². The number of hydrogen-bond donors (Lipinski definition) is 0. The Hall–Kier alpha value is -4.10. The maximum absolute atomic E-state index is 15.6. The summed E-state index contributed by atoms with van der Waals surface area (Å²) in [5.74, 6) is 0.246. The van der Waals surface area contributed by atoms with Gasteiger partial charge in [0, 0.05) is 18.5 Å². The van der Waals surface area contributed by atoms with Crippen LogP contribution >= 0.6 is 0 Å². The van der Waals surface area contributed by atoms with Crippen LogP contribution in [0.2, 0.25) is 0 Å². The van der Waals surface area contributed by atoms with Gasteiger partial charge in [-0.1, -0.05) is 0 Å². The molecule has 0 saturated carbocycles. The molecule has 7 rings (SSSR count). The van der Waals surface area contributed by atoms with Crippen LogP contribution < -0.4 is 9.22 Å². The molecule has 0 aliphatic carbocycles. The van der Waals surface area contributed by atoms with Gasteiger partial charge in [-0.2, -0.15) is 0 Å². The van der Waals surface area contributed by atoms with Crippen LogP contribution in [0.5, 0.6) is 11.5 Å². The van der Waals surface area contributed by atoms with Gasteiger partial charge in [0.05, 0.1) is 13.2 Å². The number of ether oxygens (including phenoxy) is 2. The van der Waals surface area contributed by atoms with Crippen molar-refractivity contribution in [2.24, 2.45) is 5.41 Å². The molecule has 3 aliphatic rings. The van der Waals surface area contributed by atoms with E-state index in [9.17, 15) is 10.1 Å². The van der Waals surface area contributed by atoms with Gasteiger partial charge in [0.15, 0.2) is 0 Å². The molecule has 3 aliphatic heterocycles. The standard InChI is InChI=1S/C34H35AsFN7O3/c1-33(2,41-17-34(18-41)19-45-20-34)14-22(15-37)32(44)42-12-6-7-23(42)16-43-31-28(30(35)38-21-39-31)29(40-43)26-11-10-25(13-27(26)36)46-24-8-4-3-5-9-24/h3-5,8-11,13-14,21,23H,6-7,12,16-20,35H2,1-2H3. The van der Waals surface area contributed by atoms with Crippen molar-refractivity contribution in [3.05, 3.63) is 72.3 Å². The van der Waals surface area contributed by atoms with E-state index in [1.807, 2.05) is 50.3 Å². The number of carbonyl (C=O) groups is 1. The number of para-hydroxylation sites is 1. The molecule has 3 saturated heterocycles. The van der Waals surface area contributed by atoms with Gasteiger partial charge in [0.25, 0.3) is 0 Å². The Morgan fingerprint density at radius 1 is 1.20 bits per heavy atom. The molecule has 12 heteroatoms. The zero-order chi connectivity index (χ0) is 32.1. The summed E-state index contributed by atoms with van der Waals surface area (Å²) in [6.07, 6.45) is 4.87. The summed E-state index contributed by atoms with van der Waals surface area (Å²) in [7, 11) is 0. The number of hydrogen-bond acceptors (Lipinski definition) is 8. The van der Waals surface area contributed by atoms with Crippen molar-refractivity contribution in [3.63, 3.8) is 0 Å². The Morgan fingerprint density at radius 2 is 1.98 bits per heavy atom. The molecular formula is C34H35AsFN7O3. The molecule has 3 fully saturated rings. The number of rotatable bonds is 8. The first-order valence-electron chi connectivity index (χ1n) is 15.4. The quantitative estimate of drug-likeness (QED) is 0.158. The topological polar surface area (TPSA) is 109 Å². The molecule has 2 aromatic heterocycles. The van der Waals surface area contributed by atoms with Gasteiger partial charge in [-0.05, 0) is 0 Å². The van der Waals surface area contributed by atoms with Crippen molar-refractivity contribution in [2.75, 3.05) is 32.8 Å². The first kappa shape index (κ1) is 30.5. The Bertz CT molecular complexity index is 1870. The van der Waals surface area contributed by atoms with E-state index in [1.165, 1.54) is 29.2 Å². The average Bonchev–Trinajstić information content (AvgIpc) is 3.60. The molecule has 0 N–H and O–H groups in total. The van der Waals surface area contributed by atoms with Gasteiger partial charge < -0.3 is 4.74 Å². The third-order valence-corrected chi connectivity index (χ3v) is 10.2. The molecule has 2 unspecified atom stereocenters. The molecule has 1 spiro atoms. The van der Waals surface area contributed by atoms with E-state index >= 15 is 4.39 Å². The van der Waals surface area contributed by atoms with Crippen LogP contribution in [0.1, 0.15) is 26.7 Å². The number of carbonyl (C=O) groups excluding carboxylic acids is 1. The van der Waals surface area contributed by atoms with Crippen molar-refractivity contribution in [1.29, 1.82) is 5.26 Å². The third-order valence-electron chi connectivity index (χ3n) is 9.29. The summed E-state index contributed by atoms with van der Waals surface area (Å²) in [5, 5.41) is 15.6. The molecule has 236 valence electrons. The van der Waals surface area contributed by atoms with Crippen LogP contribution in [0.25, 0.3) is 22.3 Å². The molecule has 2 aromatic carbocycles. The van der Waals surface area contributed by atoms with Crippen molar-refractivity contribution in [3.8, 4) is 28.8 Å². The van der Waals surface area contributed by atoms with E-state index in [2.05, 4.69) is 20.9 Å². The Labute approximate surface area is 275 Å². The van der Waals surface area contributed by atoms with Crippen LogP contribution in [0.15, 0.2) is 66.5 Å². The zero-order valence-electron chi connectivity index (χ0n) is 25.8. The molecule has 4 aromatic rings. The molecule has 1 amide bonds. The monoisotopic (exact) mass is 683 g/mol. The summed E-state index contributed by atoms with van der Waals surface area (Å²) >= 11 is 1.29. The van der Waals surface area contributed by atoms with Gasteiger partial charge in [-0.15, -0.1) is 0 Å². The Kier molecular flexibility index (Phi) is 7.92. The van der Waals surface area contributed by atoms with E-state index in [0.29, 0.717) is 46.9 Å². The number of amides is 1. The first-order valence-corrected chi connectivity index (χ1v) is 16.6. The number of nitriles is 1. The summed E-state index contributed by atoms with van der Waals surface area (Å²) in [5.41, 5.74) is 1.28. The van der Waals surface area contributed by atoms with E-state index < -0.39 is 11.4 Å². The van der Waals surface area contributed by atoms with Crippen LogP contribution in [-0.2, 0) is 16.1 Å². The summed E-state index contributed by atoms with van der Waals surface area (Å²) in [6.45, 7) is 8.36. The molecule has 46 heavy (non-hydrogen) atoms. The van der Waals surface area contributed by atoms with Gasteiger partial charge in [0.1, 0.15) is 0 Å². The van der Waals surface area contributed by atoms with Crippen LogP contribution in [0.4, 0.5) is 4.39 Å². The second-order valence-electron chi connectivity index (χ2n) is 13.0. The van der Waals surface area contributed by atoms with Gasteiger partial charge in [-0.25, -0.2) is 0 Å². The maximum atomic E-state index is 15.6. The fraction of sp³-hybridized carbons (Fsp3) is 0.382. The second kappa shape index (κ2) is 11.9. The van der Waals surface area contributed by atoms with Crippen molar-refractivity contribution in [2.45, 2.75) is 44.8 Å². The van der Waals surface area contributed by atoms with E-state index in [4.69, 9.17) is 14.6 Å². The minimum Gasteiger partial charge on any atom is -0.380 e. The number of likely N-dealkylation sites (tertiary alicyclic amines) is 2. The number of benzene rings is 2. The first-order chi connectivity index (χ1) is 22.2. The van der Waals surface area contributed by atoms with Crippen molar-refractivity contribution in [1.82, 2.24) is 29.5 Å². The fourth-order valence-corrected chi connectivity index (χ4v) is 7.40. The van der Waals surface area contributed by atoms with E-state index in [1.54, 1.807) is 21.7 Å². The van der Waals surface area contributed by atoms with Gasteiger partial charge >= 0.3 is 240 Å². The predicted octanol–water partition coefficient (Wildman–Crippen LogP) is 3.23. The van der Waals surface area contributed by atoms with Crippen LogP contribution in [-0.4, -0.2) is 96.7 Å².